The van der Waals surface area contributed by atoms with Crippen molar-refractivity contribution in [2.24, 2.45) is 0 Å². The van der Waals surface area contributed by atoms with Crippen LogP contribution in [0, 0.1) is 0 Å². The third kappa shape index (κ3) is 6.13. The fourth-order valence-corrected chi connectivity index (χ4v) is 1.22. The molecule has 0 unspecified atom stereocenters. The molecule has 0 aliphatic rings. The van der Waals surface area contributed by atoms with Crippen molar-refractivity contribution in [2.45, 2.75) is 12.6 Å². The Morgan fingerprint density at radius 2 is 1.82 bits per heavy atom. The van der Waals surface area contributed by atoms with Crippen molar-refractivity contribution in [3.8, 4) is 0 Å². The molecule has 0 saturated carbocycles. The van der Waals surface area contributed by atoms with Crippen molar-refractivity contribution in [2.75, 3.05) is 25.7 Å². The zero-order chi connectivity index (χ0) is 12.7. The minimum absolute atomic E-state index is 0.270. The minimum Gasteiger partial charge on any atom is -0.399 e. The van der Waals surface area contributed by atoms with E-state index in [9.17, 15) is 13.2 Å². The van der Waals surface area contributed by atoms with Gasteiger partial charge in [-0.15, -0.1) is 0 Å². The lowest BCUT2D eigenvalue weighted by molar-refractivity contribution is -0.196. The van der Waals surface area contributed by atoms with Crippen molar-refractivity contribution in [1.82, 2.24) is 0 Å². The van der Waals surface area contributed by atoms with Gasteiger partial charge in [-0.05, 0) is 18.1 Å². The molecule has 2 N–H and O–H groups in total. The van der Waals surface area contributed by atoms with Crippen LogP contribution in [0.1, 0.15) is 5.56 Å². The van der Waals surface area contributed by atoms with Crippen molar-refractivity contribution in [1.29, 1.82) is 0 Å². The van der Waals surface area contributed by atoms with E-state index in [2.05, 4.69) is 4.74 Å². The number of rotatable bonds is 6. The number of para-hydroxylation sites is 1. The first-order chi connectivity index (χ1) is 7.99. The fraction of sp³-hybridized carbons (Fsp3) is 0.455. The molecular weight excluding hydrogens is 235 g/mol. The van der Waals surface area contributed by atoms with E-state index < -0.39 is 12.8 Å². The van der Waals surface area contributed by atoms with Gasteiger partial charge in [0.2, 0.25) is 0 Å². The molecule has 0 aromatic heterocycles. The highest BCUT2D eigenvalue weighted by Crippen LogP contribution is 2.14. The Morgan fingerprint density at radius 3 is 2.47 bits per heavy atom. The molecule has 0 radical (unpaired) electrons. The van der Waals surface area contributed by atoms with Crippen LogP contribution >= 0.6 is 0 Å². The molecule has 0 fully saturated rings. The summed E-state index contributed by atoms with van der Waals surface area (Å²) in [5.41, 5.74) is 7.23. The van der Waals surface area contributed by atoms with Gasteiger partial charge in [0, 0.05) is 5.69 Å². The summed E-state index contributed by atoms with van der Waals surface area (Å²) in [7, 11) is 0. The molecular formula is C11H14F3NO2. The van der Waals surface area contributed by atoms with E-state index in [0.717, 1.165) is 5.56 Å². The van der Waals surface area contributed by atoms with E-state index in [1.54, 1.807) is 6.07 Å². The average molecular weight is 249 g/mol. The molecule has 0 atom stereocenters. The smallest absolute Gasteiger partial charge is 0.399 e. The maximum atomic E-state index is 11.7. The summed E-state index contributed by atoms with van der Waals surface area (Å²) in [5.74, 6) is 0. The standard InChI is InChI=1S/C11H14F3NO2/c12-11(13,14)7-17-8-16-6-5-9-3-1-2-4-10(9)15/h1-4H,5-8,15H2. The van der Waals surface area contributed by atoms with Crippen molar-refractivity contribution in [3.05, 3.63) is 29.8 Å². The number of halogens is 3. The van der Waals surface area contributed by atoms with Crippen LogP contribution in [0.5, 0.6) is 0 Å². The zero-order valence-electron chi connectivity index (χ0n) is 9.17. The number of nitrogens with two attached hydrogens (primary N) is 1. The summed E-state index contributed by atoms with van der Waals surface area (Å²) < 4.78 is 44.3. The summed E-state index contributed by atoms with van der Waals surface area (Å²) in [6.07, 6.45) is -3.77. The van der Waals surface area contributed by atoms with Crippen LogP contribution in [-0.2, 0) is 15.9 Å². The number of ether oxygens (including phenoxy) is 2. The van der Waals surface area contributed by atoms with E-state index in [0.29, 0.717) is 12.1 Å². The highest BCUT2D eigenvalue weighted by Gasteiger charge is 2.27. The van der Waals surface area contributed by atoms with Gasteiger partial charge in [-0.1, -0.05) is 18.2 Å². The van der Waals surface area contributed by atoms with Crippen molar-refractivity contribution in [3.63, 3.8) is 0 Å². The van der Waals surface area contributed by atoms with Crippen LogP contribution in [-0.4, -0.2) is 26.2 Å². The Balaban J connectivity index is 2.11. The van der Waals surface area contributed by atoms with Gasteiger partial charge in [0.1, 0.15) is 13.4 Å². The van der Waals surface area contributed by atoms with Crippen LogP contribution in [0.15, 0.2) is 24.3 Å². The summed E-state index contributed by atoms with van der Waals surface area (Å²) in [6, 6.07) is 7.25. The highest BCUT2D eigenvalue weighted by atomic mass is 19.4. The highest BCUT2D eigenvalue weighted by molar-refractivity contribution is 5.46. The first-order valence-corrected chi connectivity index (χ1v) is 5.04. The summed E-state index contributed by atoms with van der Waals surface area (Å²) >= 11 is 0. The van der Waals surface area contributed by atoms with Gasteiger partial charge >= 0.3 is 6.18 Å². The third-order valence-electron chi connectivity index (χ3n) is 2.00. The minimum atomic E-state index is -4.31. The quantitative estimate of drug-likeness (QED) is 0.478. The second kappa shape index (κ2) is 6.46. The Hall–Kier alpha value is -1.27. The summed E-state index contributed by atoms with van der Waals surface area (Å²) in [4.78, 5) is 0. The fourth-order valence-electron chi connectivity index (χ4n) is 1.22. The lowest BCUT2D eigenvalue weighted by atomic mass is 10.1. The number of alkyl halides is 3. The molecule has 96 valence electrons. The number of hydrogen-bond donors (Lipinski definition) is 1. The van der Waals surface area contributed by atoms with Gasteiger partial charge in [0.15, 0.2) is 0 Å². The predicted molar refractivity (Wildman–Crippen MR) is 57.4 cm³/mol. The lowest BCUT2D eigenvalue weighted by Crippen LogP contribution is -2.18. The van der Waals surface area contributed by atoms with Crippen molar-refractivity contribution < 1.29 is 22.6 Å². The maximum absolute atomic E-state index is 11.7. The molecule has 0 aliphatic carbocycles. The number of hydrogen-bond acceptors (Lipinski definition) is 3. The first-order valence-electron chi connectivity index (χ1n) is 5.04. The van der Waals surface area contributed by atoms with Gasteiger partial charge in [-0.2, -0.15) is 13.2 Å². The molecule has 3 nitrogen and oxygen atoms in total. The predicted octanol–water partition coefficient (Wildman–Crippen LogP) is 2.36. The Bertz CT molecular complexity index is 342. The number of benzene rings is 1. The molecule has 0 aliphatic heterocycles. The SMILES string of the molecule is Nc1ccccc1CCOCOCC(F)(F)F. The second-order valence-corrected chi connectivity index (χ2v) is 3.44. The molecule has 0 saturated heterocycles. The molecule has 1 aromatic carbocycles. The topological polar surface area (TPSA) is 44.5 Å². The van der Waals surface area contributed by atoms with Gasteiger partial charge in [-0.25, -0.2) is 0 Å². The normalized spacial score (nSPS) is 11.7. The molecule has 0 spiro atoms. The molecule has 17 heavy (non-hydrogen) atoms. The van der Waals surface area contributed by atoms with Crippen LogP contribution in [0.2, 0.25) is 0 Å². The van der Waals surface area contributed by atoms with Crippen LogP contribution in [0.4, 0.5) is 18.9 Å². The van der Waals surface area contributed by atoms with Crippen LogP contribution in [0.25, 0.3) is 0 Å². The van der Waals surface area contributed by atoms with Gasteiger partial charge < -0.3 is 15.2 Å². The second-order valence-electron chi connectivity index (χ2n) is 3.44. The molecule has 0 bridgehead atoms. The summed E-state index contributed by atoms with van der Waals surface area (Å²) in [5, 5.41) is 0. The van der Waals surface area contributed by atoms with Crippen molar-refractivity contribution >= 4 is 5.69 Å². The van der Waals surface area contributed by atoms with Crippen LogP contribution in [0.3, 0.4) is 0 Å². The number of nitrogen functional groups attached to an aromatic ring is 1. The maximum Gasteiger partial charge on any atom is 0.411 e. The van der Waals surface area contributed by atoms with E-state index >= 15 is 0 Å². The van der Waals surface area contributed by atoms with Gasteiger partial charge in [0.25, 0.3) is 0 Å². The Kier molecular flexibility index (Phi) is 5.24. The Labute approximate surface area is 97.3 Å². The van der Waals surface area contributed by atoms with E-state index in [4.69, 9.17) is 10.5 Å². The lowest BCUT2D eigenvalue weighted by Gasteiger charge is -2.09. The number of anilines is 1. The molecule has 1 aromatic rings. The molecule has 0 heterocycles. The average Bonchev–Trinajstić information content (AvgIpc) is 2.24. The summed E-state index contributed by atoms with van der Waals surface area (Å²) in [6.45, 7) is -1.39. The first kappa shape index (κ1) is 13.8. The van der Waals surface area contributed by atoms with E-state index in [1.165, 1.54) is 0 Å². The molecule has 0 amide bonds. The Morgan fingerprint density at radius 1 is 1.12 bits per heavy atom. The molecule has 1 rings (SSSR count). The monoisotopic (exact) mass is 249 g/mol. The molecule has 6 heteroatoms. The zero-order valence-corrected chi connectivity index (χ0v) is 9.17. The largest absolute Gasteiger partial charge is 0.411 e. The van der Waals surface area contributed by atoms with Gasteiger partial charge in [-0.3, -0.25) is 0 Å². The van der Waals surface area contributed by atoms with E-state index in [1.807, 2.05) is 18.2 Å². The van der Waals surface area contributed by atoms with Gasteiger partial charge in [0.05, 0.1) is 6.61 Å². The third-order valence-corrected chi connectivity index (χ3v) is 2.00. The van der Waals surface area contributed by atoms with Crippen LogP contribution < -0.4 is 5.73 Å². The van der Waals surface area contributed by atoms with E-state index in [-0.39, 0.29) is 13.4 Å².